The molecule has 2 aromatic rings. The van der Waals surface area contributed by atoms with Gasteiger partial charge >= 0.3 is 0 Å². The number of nitrogens with two attached hydrogens (primary N) is 1. The van der Waals surface area contributed by atoms with E-state index in [1.807, 2.05) is 39.0 Å². The molecule has 0 atom stereocenters. The van der Waals surface area contributed by atoms with Gasteiger partial charge in [0.05, 0.1) is 11.4 Å². The molecule has 0 spiro atoms. The van der Waals surface area contributed by atoms with E-state index < -0.39 is 10.0 Å². The largest absolute Gasteiger partial charge is 0.370 e. The van der Waals surface area contributed by atoms with Crippen LogP contribution in [-0.4, -0.2) is 27.5 Å². The molecule has 4 N–H and O–H groups in total. The van der Waals surface area contributed by atoms with Crippen LogP contribution in [0.3, 0.4) is 0 Å². The zero-order valence-corrected chi connectivity index (χ0v) is 19.2. The molecule has 0 saturated heterocycles. The van der Waals surface area contributed by atoms with Gasteiger partial charge in [0.15, 0.2) is 5.96 Å². The maximum atomic E-state index is 12.4. The second-order valence-electron chi connectivity index (χ2n) is 6.44. The van der Waals surface area contributed by atoms with Crippen LogP contribution in [0.5, 0.6) is 0 Å². The molecular weight excluding hydrogens is 475 g/mol. The van der Waals surface area contributed by atoms with E-state index in [1.165, 1.54) is 0 Å². The standard InChI is InChI=1S/C19H26N4O2S.HI/c1-13-5-6-16(4)18(12-13)26(24,25)22-8-7-21-19(20)23-17-10-14(2)9-15(3)11-17;/h5-6,9-12,22H,7-8H2,1-4H3,(H3,20,21,23);1H. The van der Waals surface area contributed by atoms with E-state index in [1.54, 1.807) is 19.1 Å². The summed E-state index contributed by atoms with van der Waals surface area (Å²) in [6, 6.07) is 11.4. The Labute approximate surface area is 178 Å². The van der Waals surface area contributed by atoms with E-state index in [0.29, 0.717) is 10.5 Å². The highest BCUT2D eigenvalue weighted by molar-refractivity contribution is 14.0. The van der Waals surface area contributed by atoms with E-state index >= 15 is 0 Å². The molecule has 0 aliphatic rings. The van der Waals surface area contributed by atoms with Crippen LogP contribution in [0.1, 0.15) is 22.3 Å². The quantitative estimate of drug-likeness (QED) is 0.245. The van der Waals surface area contributed by atoms with E-state index in [-0.39, 0.29) is 43.0 Å². The van der Waals surface area contributed by atoms with Gasteiger partial charge in [-0.2, -0.15) is 0 Å². The maximum Gasteiger partial charge on any atom is 0.240 e. The van der Waals surface area contributed by atoms with Crippen molar-refractivity contribution < 1.29 is 8.42 Å². The summed E-state index contributed by atoms with van der Waals surface area (Å²) in [6.45, 7) is 8.07. The second kappa shape index (κ2) is 10.0. The van der Waals surface area contributed by atoms with Crippen molar-refractivity contribution in [2.24, 2.45) is 10.7 Å². The van der Waals surface area contributed by atoms with Gasteiger partial charge in [-0.3, -0.25) is 4.99 Å². The Morgan fingerprint density at radius 2 is 1.63 bits per heavy atom. The van der Waals surface area contributed by atoms with Crippen molar-refractivity contribution >= 4 is 45.6 Å². The molecule has 0 aromatic heterocycles. The van der Waals surface area contributed by atoms with Crippen LogP contribution in [0.15, 0.2) is 46.3 Å². The highest BCUT2D eigenvalue weighted by Crippen LogP contribution is 2.16. The number of hydrogen-bond acceptors (Lipinski definition) is 3. The van der Waals surface area contributed by atoms with Gasteiger partial charge in [0.2, 0.25) is 10.0 Å². The third-order valence-corrected chi connectivity index (χ3v) is 5.42. The first-order valence-corrected chi connectivity index (χ1v) is 9.88. The van der Waals surface area contributed by atoms with Crippen LogP contribution in [0.2, 0.25) is 0 Å². The third-order valence-electron chi connectivity index (χ3n) is 3.81. The second-order valence-corrected chi connectivity index (χ2v) is 8.17. The van der Waals surface area contributed by atoms with Gasteiger partial charge in [0.25, 0.3) is 0 Å². The molecule has 8 heteroatoms. The minimum absolute atomic E-state index is 0. The fourth-order valence-corrected chi connectivity index (χ4v) is 4.01. The molecule has 27 heavy (non-hydrogen) atoms. The van der Waals surface area contributed by atoms with Crippen LogP contribution in [-0.2, 0) is 10.0 Å². The number of nitrogens with one attached hydrogen (secondary N) is 2. The molecule has 0 unspecified atom stereocenters. The number of anilines is 1. The van der Waals surface area contributed by atoms with Gasteiger partial charge in [0.1, 0.15) is 0 Å². The number of sulfonamides is 1. The Hall–Kier alpha value is -1.65. The molecule has 0 amide bonds. The summed E-state index contributed by atoms with van der Waals surface area (Å²) in [4.78, 5) is 4.47. The number of aliphatic imine (C=N–C) groups is 1. The SMILES string of the molecule is Cc1cc(C)cc(NC(N)=NCCNS(=O)(=O)c2cc(C)ccc2C)c1.I. The minimum Gasteiger partial charge on any atom is -0.370 e. The van der Waals surface area contributed by atoms with Crippen molar-refractivity contribution in [3.05, 3.63) is 58.7 Å². The number of aryl methyl sites for hydroxylation is 4. The molecular formula is C19H27IN4O2S. The van der Waals surface area contributed by atoms with Gasteiger partial charge < -0.3 is 11.1 Å². The number of rotatable bonds is 6. The summed E-state index contributed by atoms with van der Waals surface area (Å²) in [7, 11) is -3.56. The Balaban J connectivity index is 0.00000364. The number of hydrogen-bond donors (Lipinski definition) is 3. The summed E-state index contributed by atoms with van der Waals surface area (Å²) < 4.78 is 27.4. The van der Waals surface area contributed by atoms with Crippen molar-refractivity contribution in [1.82, 2.24) is 4.72 Å². The average molecular weight is 502 g/mol. The molecule has 0 fully saturated rings. The molecule has 148 valence electrons. The molecule has 0 saturated carbocycles. The minimum atomic E-state index is -3.56. The number of halogens is 1. The molecule has 0 aliphatic heterocycles. The van der Waals surface area contributed by atoms with Crippen LogP contribution in [0.25, 0.3) is 0 Å². The summed E-state index contributed by atoms with van der Waals surface area (Å²) in [5.41, 5.74) is 10.6. The van der Waals surface area contributed by atoms with Gasteiger partial charge in [-0.05, 0) is 68.1 Å². The molecule has 0 heterocycles. The van der Waals surface area contributed by atoms with Gasteiger partial charge in [-0.15, -0.1) is 24.0 Å². The number of benzene rings is 2. The van der Waals surface area contributed by atoms with E-state index in [4.69, 9.17) is 5.73 Å². The molecule has 2 aromatic carbocycles. The monoisotopic (exact) mass is 502 g/mol. The highest BCUT2D eigenvalue weighted by atomic mass is 127. The third kappa shape index (κ3) is 7.11. The maximum absolute atomic E-state index is 12.4. The lowest BCUT2D eigenvalue weighted by atomic mass is 10.1. The van der Waals surface area contributed by atoms with Gasteiger partial charge in [-0.25, -0.2) is 13.1 Å². The molecule has 2 rings (SSSR count). The first-order chi connectivity index (χ1) is 12.2. The zero-order valence-electron chi connectivity index (χ0n) is 16.0. The normalized spacial score (nSPS) is 11.8. The Bertz CT molecular complexity index is 907. The predicted molar refractivity (Wildman–Crippen MR) is 123 cm³/mol. The van der Waals surface area contributed by atoms with Crippen molar-refractivity contribution in [2.45, 2.75) is 32.6 Å². The van der Waals surface area contributed by atoms with Crippen molar-refractivity contribution in [2.75, 3.05) is 18.4 Å². The van der Waals surface area contributed by atoms with Crippen LogP contribution in [0, 0.1) is 27.7 Å². The topological polar surface area (TPSA) is 96.6 Å². The van der Waals surface area contributed by atoms with E-state index in [0.717, 1.165) is 22.4 Å². The van der Waals surface area contributed by atoms with E-state index in [9.17, 15) is 8.42 Å². The van der Waals surface area contributed by atoms with Gasteiger partial charge in [-0.1, -0.05) is 18.2 Å². The lowest BCUT2D eigenvalue weighted by molar-refractivity contribution is 0.581. The zero-order chi connectivity index (χ0) is 19.3. The van der Waals surface area contributed by atoms with Crippen molar-refractivity contribution in [1.29, 1.82) is 0 Å². The predicted octanol–water partition coefficient (Wildman–Crippen LogP) is 3.24. The number of guanidine groups is 1. The fourth-order valence-electron chi connectivity index (χ4n) is 2.67. The average Bonchev–Trinajstić information content (AvgIpc) is 2.53. The Morgan fingerprint density at radius 3 is 2.26 bits per heavy atom. The van der Waals surface area contributed by atoms with E-state index in [2.05, 4.69) is 21.1 Å². The first-order valence-electron chi connectivity index (χ1n) is 8.39. The summed E-state index contributed by atoms with van der Waals surface area (Å²) in [5.74, 6) is 0.251. The smallest absolute Gasteiger partial charge is 0.240 e. The number of nitrogens with zero attached hydrogens (tertiary/aromatic N) is 1. The molecule has 0 radical (unpaired) electrons. The summed E-state index contributed by atoms with van der Waals surface area (Å²) in [5, 5.41) is 3.02. The lowest BCUT2D eigenvalue weighted by Gasteiger charge is -2.10. The van der Waals surface area contributed by atoms with Crippen molar-refractivity contribution in [3.8, 4) is 0 Å². The Kier molecular flexibility index (Phi) is 8.70. The summed E-state index contributed by atoms with van der Waals surface area (Å²) in [6.07, 6.45) is 0. The summed E-state index contributed by atoms with van der Waals surface area (Å²) >= 11 is 0. The Morgan fingerprint density at radius 1 is 1.00 bits per heavy atom. The molecule has 0 bridgehead atoms. The molecule has 0 aliphatic carbocycles. The van der Waals surface area contributed by atoms with Gasteiger partial charge in [0, 0.05) is 12.2 Å². The molecule has 6 nitrogen and oxygen atoms in total. The highest BCUT2D eigenvalue weighted by Gasteiger charge is 2.16. The van der Waals surface area contributed by atoms with Crippen LogP contribution in [0.4, 0.5) is 5.69 Å². The first kappa shape index (κ1) is 23.4. The lowest BCUT2D eigenvalue weighted by Crippen LogP contribution is -2.29. The van der Waals surface area contributed by atoms with Crippen LogP contribution >= 0.6 is 24.0 Å². The van der Waals surface area contributed by atoms with Crippen molar-refractivity contribution in [3.63, 3.8) is 0 Å². The fraction of sp³-hybridized carbons (Fsp3) is 0.316. The van der Waals surface area contributed by atoms with Crippen LogP contribution < -0.4 is 15.8 Å².